The minimum absolute atomic E-state index is 0.113. The van der Waals surface area contributed by atoms with Gasteiger partial charge in [-0.15, -0.1) is 0 Å². The zero-order chi connectivity index (χ0) is 22.6. The fraction of sp³-hybridized carbons (Fsp3) is 0.385. The molecule has 3 aromatic rings. The normalized spacial score (nSPS) is 11.5. The Morgan fingerprint density at radius 2 is 1.77 bits per heavy atom. The van der Waals surface area contributed by atoms with Gasteiger partial charge in [-0.2, -0.15) is 0 Å². The first-order chi connectivity index (χ1) is 14.7. The highest BCUT2D eigenvalue weighted by molar-refractivity contribution is 5.82. The van der Waals surface area contributed by atoms with E-state index >= 15 is 0 Å². The van der Waals surface area contributed by atoms with Crippen LogP contribution in [0.4, 0.5) is 0 Å². The fourth-order valence-electron chi connectivity index (χ4n) is 3.48. The molecule has 2 aromatic carbocycles. The number of rotatable bonds is 7. The van der Waals surface area contributed by atoms with Gasteiger partial charge in [-0.3, -0.25) is 4.79 Å². The molecule has 1 aromatic heterocycles. The van der Waals surface area contributed by atoms with Crippen LogP contribution in [-0.2, 0) is 28.0 Å². The van der Waals surface area contributed by atoms with Crippen molar-refractivity contribution in [3.8, 4) is 5.75 Å². The average molecular weight is 423 g/mol. The van der Waals surface area contributed by atoms with Gasteiger partial charge in [0, 0.05) is 23.4 Å². The number of ether oxygens (including phenoxy) is 2. The third kappa shape index (κ3) is 5.54. The number of benzene rings is 2. The number of aryl methyl sites for hydroxylation is 1. The largest absolute Gasteiger partial charge is 0.489 e. The number of carbonyl (C=O) groups is 1. The van der Waals surface area contributed by atoms with Crippen molar-refractivity contribution >= 4 is 16.9 Å². The maximum absolute atomic E-state index is 12.5. The molecule has 0 atom stereocenters. The van der Waals surface area contributed by atoms with E-state index in [-0.39, 0.29) is 17.8 Å². The Morgan fingerprint density at radius 3 is 2.42 bits per heavy atom. The minimum atomic E-state index is -0.427. The van der Waals surface area contributed by atoms with Crippen LogP contribution in [0.5, 0.6) is 5.75 Å². The second-order valence-electron chi connectivity index (χ2n) is 8.69. The Balaban J connectivity index is 1.74. The van der Waals surface area contributed by atoms with E-state index in [1.165, 1.54) is 5.56 Å². The van der Waals surface area contributed by atoms with E-state index in [2.05, 4.69) is 45.0 Å². The molecule has 0 saturated carbocycles. The second-order valence-corrected chi connectivity index (χ2v) is 8.69. The zero-order valence-corrected chi connectivity index (χ0v) is 18.9. The van der Waals surface area contributed by atoms with Gasteiger partial charge in [0.25, 0.3) is 0 Å². The molecule has 5 heteroatoms. The molecule has 5 nitrogen and oxygen atoms in total. The van der Waals surface area contributed by atoms with Crippen LogP contribution in [0, 0.1) is 6.92 Å². The van der Waals surface area contributed by atoms with Crippen LogP contribution in [0.15, 0.2) is 51.7 Å². The first-order valence-corrected chi connectivity index (χ1v) is 10.6. The number of fused-ring (bicyclic) bond motifs is 1. The number of hydrogen-bond donors (Lipinski definition) is 0. The van der Waals surface area contributed by atoms with Crippen molar-refractivity contribution in [2.45, 2.75) is 59.5 Å². The van der Waals surface area contributed by atoms with Gasteiger partial charge in [-0.05, 0) is 54.5 Å². The Labute approximate surface area is 183 Å². The van der Waals surface area contributed by atoms with E-state index in [0.29, 0.717) is 36.5 Å². The van der Waals surface area contributed by atoms with Gasteiger partial charge >= 0.3 is 11.6 Å². The lowest BCUT2D eigenvalue weighted by atomic mass is 9.87. The smallest absolute Gasteiger partial charge is 0.339 e. The molecule has 1 heterocycles. The molecular weight excluding hydrogens is 392 g/mol. The van der Waals surface area contributed by atoms with E-state index in [0.717, 1.165) is 16.5 Å². The summed E-state index contributed by atoms with van der Waals surface area (Å²) >= 11 is 0. The summed E-state index contributed by atoms with van der Waals surface area (Å²) < 4.78 is 16.4. The summed E-state index contributed by atoms with van der Waals surface area (Å²) in [4.78, 5) is 24.1. The molecule has 0 spiro atoms. The first kappa shape index (κ1) is 22.6. The molecule has 0 unspecified atom stereocenters. The lowest BCUT2D eigenvalue weighted by molar-refractivity contribution is -0.143. The maximum Gasteiger partial charge on any atom is 0.339 e. The van der Waals surface area contributed by atoms with Gasteiger partial charge in [-0.1, -0.05) is 45.0 Å². The fourth-order valence-corrected chi connectivity index (χ4v) is 3.48. The summed E-state index contributed by atoms with van der Waals surface area (Å²) in [6, 6.07) is 13.9. The third-order valence-corrected chi connectivity index (χ3v) is 5.37. The molecule has 164 valence electrons. The Morgan fingerprint density at radius 1 is 1.06 bits per heavy atom. The van der Waals surface area contributed by atoms with Gasteiger partial charge in [0.2, 0.25) is 0 Å². The van der Waals surface area contributed by atoms with Crippen LogP contribution in [0.1, 0.15) is 56.4 Å². The molecule has 0 N–H and O–H groups in total. The van der Waals surface area contributed by atoms with Gasteiger partial charge in [-0.25, -0.2) is 4.79 Å². The van der Waals surface area contributed by atoms with Crippen molar-refractivity contribution in [1.82, 2.24) is 0 Å². The van der Waals surface area contributed by atoms with Crippen LogP contribution < -0.4 is 10.4 Å². The summed E-state index contributed by atoms with van der Waals surface area (Å²) in [7, 11) is 0. The van der Waals surface area contributed by atoms with Crippen LogP contribution in [-0.4, -0.2) is 12.6 Å². The van der Waals surface area contributed by atoms with E-state index < -0.39 is 5.63 Å². The lowest BCUT2D eigenvalue weighted by Crippen LogP contribution is -2.13. The van der Waals surface area contributed by atoms with Gasteiger partial charge in [0.05, 0.1) is 6.61 Å². The molecule has 0 aliphatic carbocycles. The summed E-state index contributed by atoms with van der Waals surface area (Å²) in [6.45, 7) is 10.9. The van der Waals surface area contributed by atoms with Crippen molar-refractivity contribution in [2.24, 2.45) is 0 Å². The predicted molar refractivity (Wildman–Crippen MR) is 122 cm³/mol. The average Bonchev–Trinajstić information content (AvgIpc) is 2.71. The molecule has 0 bridgehead atoms. The topological polar surface area (TPSA) is 65.7 Å². The third-order valence-electron chi connectivity index (χ3n) is 5.37. The quantitative estimate of drug-likeness (QED) is 0.373. The summed E-state index contributed by atoms with van der Waals surface area (Å²) in [5, 5.41) is 0.834. The van der Waals surface area contributed by atoms with Crippen LogP contribution in [0.3, 0.4) is 0 Å². The minimum Gasteiger partial charge on any atom is -0.489 e. The van der Waals surface area contributed by atoms with Gasteiger partial charge in [0.15, 0.2) is 0 Å². The van der Waals surface area contributed by atoms with Crippen LogP contribution >= 0.6 is 0 Å². The summed E-state index contributed by atoms with van der Waals surface area (Å²) in [5.41, 5.74) is 3.83. The molecule has 0 aliphatic heterocycles. The predicted octanol–water partition coefficient (Wildman–Crippen LogP) is 5.47. The number of hydrogen-bond acceptors (Lipinski definition) is 5. The van der Waals surface area contributed by atoms with Crippen molar-refractivity contribution in [1.29, 1.82) is 0 Å². The molecular formula is C26H30O5. The Hall–Kier alpha value is -3.08. The lowest BCUT2D eigenvalue weighted by Gasteiger charge is -2.19. The number of carbonyl (C=O) groups excluding carboxylic acids is 1. The first-order valence-electron chi connectivity index (χ1n) is 10.6. The highest BCUT2D eigenvalue weighted by Gasteiger charge is 2.15. The van der Waals surface area contributed by atoms with E-state index in [9.17, 15) is 9.59 Å². The zero-order valence-electron chi connectivity index (χ0n) is 18.9. The van der Waals surface area contributed by atoms with E-state index in [1.807, 2.05) is 19.1 Å². The van der Waals surface area contributed by atoms with E-state index in [1.54, 1.807) is 13.0 Å². The van der Waals surface area contributed by atoms with E-state index in [4.69, 9.17) is 13.9 Å². The van der Waals surface area contributed by atoms with Crippen molar-refractivity contribution in [3.63, 3.8) is 0 Å². The Bertz CT molecular complexity index is 1120. The molecule has 0 saturated heterocycles. The molecule has 0 radical (unpaired) electrons. The summed E-state index contributed by atoms with van der Waals surface area (Å²) in [6.07, 6.45) is 0.450. The standard InChI is InChI=1S/C26H30O5/c1-6-29-24(27)14-13-22-17(2)21-12-11-20(15-23(21)31-25(22)28)30-16-18-7-9-19(10-8-18)26(3,4)5/h7-12,15H,6,13-14,16H2,1-5H3. The molecule has 0 aliphatic rings. The van der Waals surface area contributed by atoms with Gasteiger partial charge < -0.3 is 13.9 Å². The Kier molecular flexibility index (Phi) is 6.84. The molecule has 3 rings (SSSR count). The molecule has 31 heavy (non-hydrogen) atoms. The summed E-state index contributed by atoms with van der Waals surface area (Å²) in [5.74, 6) is 0.315. The maximum atomic E-state index is 12.5. The molecule has 0 amide bonds. The van der Waals surface area contributed by atoms with Crippen LogP contribution in [0.25, 0.3) is 11.0 Å². The van der Waals surface area contributed by atoms with Gasteiger partial charge in [0.1, 0.15) is 17.9 Å². The highest BCUT2D eigenvalue weighted by Crippen LogP contribution is 2.26. The van der Waals surface area contributed by atoms with Crippen molar-refractivity contribution in [3.05, 3.63) is 75.1 Å². The highest BCUT2D eigenvalue weighted by atomic mass is 16.5. The van der Waals surface area contributed by atoms with Crippen LogP contribution in [0.2, 0.25) is 0 Å². The molecule has 0 fully saturated rings. The van der Waals surface area contributed by atoms with Crippen molar-refractivity contribution < 1.29 is 18.7 Å². The SMILES string of the molecule is CCOC(=O)CCc1c(C)c2ccc(OCc3ccc(C(C)(C)C)cc3)cc2oc1=O. The second kappa shape index (κ2) is 9.38. The monoisotopic (exact) mass is 422 g/mol. The number of esters is 1. The van der Waals surface area contributed by atoms with Crippen molar-refractivity contribution in [2.75, 3.05) is 6.61 Å².